The number of hydrogen-bond acceptors (Lipinski definition) is 6. The Labute approximate surface area is 783 Å². The molecule has 3 aliphatic rings. The Morgan fingerprint density at radius 2 is 0.348 bits per heavy atom. The maximum Gasteiger partial charge on any atom is 0.160 e. The van der Waals surface area contributed by atoms with Gasteiger partial charge in [-0.2, -0.15) is 0 Å². The number of benzene rings is 21. The summed E-state index contributed by atoms with van der Waals surface area (Å²) in [7, 11) is 0. The average molecular weight is 1720 g/mol. The summed E-state index contributed by atoms with van der Waals surface area (Å²) < 4.78 is 0. The van der Waals surface area contributed by atoms with Crippen molar-refractivity contribution in [3.63, 3.8) is 0 Å². The standard InChI is InChI=1S/C45H28N2.C45H30N2.C39H26N2/c1-2-12-28(13-3-1)30-19-10-20-35-36-21-11-22-38(42(36)27-41(30)35)45-46-43-23-9-8-18-39(43)44(47-45)29-24-25-37-33-16-5-4-14-31(33)32-15-6-7-17-34(32)40(37)26-29;1-3-12-30(13-4-1)31-24-26-33(27-25-31)44-40-18-7-8-23-43(40)46-45(47-44)35-17-9-16-34(28-35)37-20-11-22-39-38-21-10-19-36(41(38)29-42(37)39)32-14-5-2-6-15-32;1-3-12-26(13-4-1)30-19-10-21-32-33-22-11-20-31(36(33)25-35(30)32)28-16-9-17-29(24-28)39-40-37-23-8-7-18-34(37)38(41-39)27-14-5-2-6-15-27/h1-26H,27H2;1-28H,29H2;1-24H,25H2. The molecule has 21 aromatic carbocycles. The summed E-state index contributed by atoms with van der Waals surface area (Å²) in [5.74, 6) is 2.25. The zero-order valence-corrected chi connectivity index (χ0v) is 73.8. The maximum atomic E-state index is 5.40. The molecule has 3 aromatic heterocycles. The largest absolute Gasteiger partial charge is 0.228 e. The van der Waals surface area contributed by atoms with Crippen LogP contribution in [0.2, 0.25) is 0 Å². The van der Waals surface area contributed by atoms with Crippen molar-refractivity contribution in [2.75, 3.05) is 0 Å². The van der Waals surface area contributed by atoms with Crippen molar-refractivity contribution in [3.05, 3.63) is 507 Å². The van der Waals surface area contributed by atoms with Gasteiger partial charge in [-0.15, -0.1) is 0 Å². The molecule has 0 saturated carbocycles. The van der Waals surface area contributed by atoms with Crippen LogP contribution in [-0.4, -0.2) is 29.9 Å². The van der Waals surface area contributed by atoms with E-state index in [9.17, 15) is 0 Å². The molecule has 0 amide bonds. The number of aromatic nitrogens is 6. The van der Waals surface area contributed by atoms with Gasteiger partial charge in [0.15, 0.2) is 17.5 Å². The lowest BCUT2D eigenvalue weighted by molar-refractivity contribution is 1.19. The zero-order valence-electron chi connectivity index (χ0n) is 73.8. The molecule has 630 valence electrons. The molecule has 3 heterocycles. The van der Waals surface area contributed by atoms with Crippen LogP contribution in [-0.2, 0) is 19.3 Å². The summed E-state index contributed by atoms with van der Waals surface area (Å²) in [5, 5.41) is 10.8. The van der Waals surface area contributed by atoms with E-state index in [0.29, 0.717) is 0 Å². The fraction of sp³-hybridized carbons (Fsp3) is 0.0233. The van der Waals surface area contributed by atoms with Crippen molar-refractivity contribution in [1.29, 1.82) is 0 Å². The first-order valence-electron chi connectivity index (χ1n) is 46.4. The van der Waals surface area contributed by atoms with E-state index in [-0.39, 0.29) is 0 Å². The lowest BCUT2D eigenvalue weighted by atomic mass is 9.92. The van der Waals surface area contributed by atoms with E-state index in [1.807, 2.05) is 24.3 Å². The van der Waals surface area contributed by atoms with E-state index >= 15 is 0 Å². The molecule has 6 nitrogen and oxygen atoms in total. The van der Waals surface area contributed by atoms with Crippen LogP contribution in [0.3, 0.4) is 0 Å². The Balaban J connectivity index is 0.000000108. The van der Waals surface area contributed by atoms with Gasteiger partial charge in [0.05, 0.1) is 33.6 Å². The molecule has 27 rings (SSSR count). The minimum atomic E-state index is 0.731. The Hall–Kier alpha value is -17.6. The van der Waals surface area contributed by atoms with Gasteiger partial charge < -0.3 is 0 Å². The predicted octanol–water partition coefficient (Wildman–Crippen LogP) is 33.1. The number of nitrogens with zero attached hydrogens (tertiary/aromatic N) is 6. The van der Waals surface area contributed by atoms with E-state index in [4.69, 9.17) is 29.9 Å². The summed E-state index contributed by atoms with van der Waals surface area (Å²) in [4.78, 5) is 31.0. The summed E-state index contributed by atoms with van der Waals surface area (Å²) >= 11 is 0. The SMILES string of the molecule is c1ccc(-c2ccc(-c3nc(-c4cccc(-c5cccc6c5Cc5c(-c7ccccc7)cccc5-6)c4)nc4ccccc34)cc2)cc1.c1ccc(-c2cccc3c2Cc2c(-c4cccc(-c5nc(-c6ccccc6)c6ccccc6n5)c4)cccc2-3)cc1.c1ccc(-c2cccc3c2Cc2c(-c4nc(-c5ccc6c7ccccc7c7ccccc7c6c5)c5ccccc5n4)cccc2-3)cc1. The molecule has 0 N–H and O–H groups in total. The Bertz CT molecular complexity index is 8760. The van der Waals surface area contributed by atoms with Crippen LogP contribution in [0.1, 0.15) is 33.4 Å². The van der Waals surface area contributed by atoms with Gasteiger partial charge in [-0.05, 0) is 215 Å². The van der Waals surface area contributed by atoms with Crippen LogP contribution < -0.4 is 0 Å². The minimum absolute atomic E-state index is 0.731. The number of rotatable bonds is 12. The second kappa shape index (κ2) is 34.1. The molecular formula is C129H84N6. The third kappa shape index (κ3) is 14.5. The normalized spacial score (nSPS) is 11.9. The fourth-order valence-electron chi connectivity index (χ4n) is 21.1. The monoisotopic (exact) mass is 1720 g/mol. The molecule has 0 radical (unpaired) electrons. The fourth-order valence-corrected chi connectivity index (χ4v) is 21.1. The van der Waals surface area contributed by atoms with Gasteiger partial charge in [0.2, 0.25) is 0 Å². The van der Waals surface area contributed by atoms with Gasteiger partial charge in [0.1, 0.15) is 0 Å². The summed E-state index contributed by atoms with van der Waals surface area (Å²) in [6.07, 6.45) is 2.68. The molecule has 0 aliphatic heterocycles. The molecule has 3 aliphatic carbocycles. The molecule has 0 fully saturated rings. The molecular weight excluding hydrogens is 1630 g/mol. The van der Waals surface area contributed by atoms with Gasteiger partial charge >= 0.3 is 0 Å². The van der Waals surface area contributed by atoms with Crippen molar-refractivity contribution in [2.45, 2.75) is 19.3 Å². The van der Waals surface area contributed by atoms with E-state index in [2.05, 4.69) is 449 Å². The van der Waals surface area contributed by atoms with Crippen LogP contribution in [0.4, 0.5) is 0 Å². The van der Waals surface area contributed by atoms with E-state index in [0.717, 1.165) is 120 Å². The summed E-state index contributed by atoms with van der Waals surface area (Å²) in [5.41, 5.74) is 43.2. The van der Waals surface area contributed by atoms with Crippen molar-refractivity contribution >= 4 is 65.0 Å². The number of fused-ring (bicyclic) bond motifs is 18. The zero-order chi connectivity index (χ0) is 89.2. The van der Waals surface area contributed by atoms with Crippen molar-refractivity contribution in [1.82, 2.24) is 29.9 Å². The van der Waals surface area contributed by atoms with E-state index in [1.54, 1.807) is 0 Å². The smallest absolute Gasteiger partial charge is 0.160 e. The van der Waals surface area contributed by atoms with Gasteiger partial charge in [0.25, 0.3) is 0 Å². The van der Waals surface area contributed by atoms with Crippen molar-refractivity contribution in [2.24, 2.45) is 0 Å². The first kappa shape index (κ1) is 79.6. The summed E-state index contributed by atoms with van der Waals surface area (Å²) in [6.45, 7) is 0. The van der Waals surface area contributed by atoms with Gasteiger partial charge in [0, 0.05) is 56.0 Å². The molecule has 135 heavy (non-hydrogen) atoms. The molecule has 6 heteroatoms. The Morgan fingerprint density at radius 1 is 0.119 bits per heavy atom. The first-order chi connectivity index (χ1) is 66.9. The van der Waals surface area contributed by atoms with Crippen LogP contribution in [0.5, 0.6) is 0 Å². The first-order valence-corrected chi connectivity index (χ1v) is 46.4. The minimum Gasteiger partial charge on any atom is -0.228 e. The molecule has 0 unspecified atom stereocenters. The predicted molar refractivity (Wildman–Crippen MR) is 561 cm³/mol. The van der Waals surface area contributed by atoms with E-state index in [1.165, 1.54) is 166 Å². The molecule has 0 bridgehead atoms. The maximum absolute atomic E-state index is 5.40. The average Bonchev–Trinajstić information content (AvgIpc) is 1.62. The van der Waals surface area contributed by atoms with Crippen molar-refractivity contribution in [3.8, 4) is 168 Å². The highest BCUT2D eigenvalue weighted by atomic mass is 14.9. The lowest BCUT2D eigenvalue weighted by Crippen LogP contribution is -1.98. The molecule has 0 atom stereocenters. The van der Waals surface area contributed by atoms with Crippen LogP contribution in [0.15, 0.2) is 473 Å². The molecule has 0 spiro atoms. The van der Waals surface area contributed by atoms with Gasteiger partial charge in [-0.25, -0.2) is 29.9 Å². The van der Waals surface area contributed by atoms with Gasteiger partial charge in [-0.3, -0.25) is 0 Å². The number of hydrogen-bond donors (Lipinski definition) is 0. The number of para-hydroxylation sites is 3. The Kier molecular flexibility index (Phi) is 20.1. The van der Waals surface area contributed by atoms with E-state index < -0.39 is 0 Å². The summed E-state index contributed by atoms with van der Waals surface area (Å²) in [6, 6.07) is 169. The highest BCUT2D eigenvalue weighted by Gasteiger charge is 2.30. The van der Waals surface area contributed by atoms with Gasteiger partial charge in [-0.1, -0.05) is 437 Å². The van der Waals surface area contributed by atoms with Crippen LogP contribution in [0, 0.1) is 0 Å². The second-order valence-electron chi connectivity index (χ2n) is 35.2. The highest BCUT2D eigenvalue weighted by Crippen LogP contribution is 2.51. The quantitative estimate of drug-likeness (QED) is 0.113. The Morgan fingerprint density at radius 3 is 0.733 bits per heavy atom. The third-order valence-electron chi connectivity index (χ3n) is 27.5. The lowest BCUT2D eigenvalue weighted by Gasteiger charge is -2.14. The second-order valence-corrected chi connectivity index (χ2v) is 35.2. The molecule has 0 saturated heterocycles. The third-order valence-corrected chi connectivity index (χ3v) is 27.5. The van der Waals surface area contributed by atoms with Crippen LogP contribution >= 0.6 is 0 Å². The molecule has 24 aromatic rings. The van der Waals surface area contributed by atoms with Crippen molar-refractivity contribution < 1.29 is 0 Å². The van der Waals surface area contributed by atoms with Crippen LogP contribution in [0.25, 0.3) is 233 Å². The highest BCUT2D eigenvalue weighted by molar-refractivity contribution is 6.26. The topological polar surface area (TPSA) is 77.3 Å².